The number of carbonyl (C=O) groups is 1. The van der Waals surface area contributed by atoms with E-state index in [2.05, 4.69) is 15.2 Å². The fraction of sp³-hybridized carbons (Fsp3) is 0.556. The number of nitrogens with one attached hydrogen (secondary N) is 1. The predicted molar refractivity (Wildman–Crippen MR) is 114 cm³/mol. The lowest BCUT2D eigenvalue weighted by atomic mass is 10.2. The van der Waals surface area contributed by atoms with E-state index in [1.807, 2.05) is 29.2 Å². The maximum atomic E-state index is 12.4. The first kappa shape index (κ1) is 21.2. The molecule has 1 unspecified atom stereocenters. The standard InChI is InChI=1S/C18H25ClN4O2.HI/c1-20-18(21-13-14-5-2-3-6-15(14)19)23-10-8-22(9-11-23)17(24)16-7-4-12-25-16;/h2-3,5-6,16H,4,7-13H2,1H3,(H,20,21);1H. The van der Waals surface area contributed by atoms with Gasteiger partial charge in [-0.15, -0.1) is 24.0 Å². The van der Waals surface area contributed by atoms with Crippen LogP contribution in [0.3, 0.4) is 0 Å². The molecule has 144 valence electrons. The average molecular weight is 493 g/mol. The molecule has 2 fully saturated rings. The first-order chi connectivity index (χ1) is 12.2. The molecule has 2 saturated heterocycles. The molecule has 1 aromatic rings. The Balaban J connectivity index is 0.00000243. The number of hydrogen-bond donors (Lipinski definition) is 1. The summed E-state index contributed by atoms with van der Waals surface area (Å²) in [5, 5.41) is 4.11. The van der Waals surface area contributed by atoms with Crippen LogP contribution in [0.4, 0.5) is 0 Å². The Bertz CT molecular complexity index is 629. The topological polar surface area (TPSA) is 57.2 Å². The van der Waals surface area contributed by atoms with Gasteiger partial charge in [0, 0.05) is 51.4 Å². The van der Waals surface area contributed by atoms with Crippen LogP contribution in [-0.4, -0.2) is 67.6 Å². The summed E-state index contributed by atoms with van der Waals surface area (Å²) in [5.74, 6) is 0.972. The molecule has 1 amide bonds. The lowest BCUT2D eigenvalue weighted by molar-refractivity contribution is -0.142. The number of ether oxygens (including phenoxy) is 1. The van der Waals surface area contributed by atoms with Gasteiger partial charge in [0.05, 0.1) is 0 Å². The number of amides is 1. The van der Waals surface area contributed by atoms with Gasteiger partial charge in [-0.3, -0.25) is 9.79 Å². The molecule has 3 rings (SSSR count). The van der Waals surface area contributed by atoms with E-state index in [1.165, 1.54) is 0 Å². The second kappa shape index (κ2) is 10.3. The summed E-state index contributed by atoms with van der Waals surface area (Å²) in [6.07, 6.45) is 1.60. The molecule has 8 heteroatoms. The summed E-state index contributed by atoms with van der Waals surface area (Å²) in [5.41, 5.74) is 1.04. The number of hydrogen-bond acceptors (Lipinski definition) is 3. The smallest absolute Gasteiger partial charge is 0.251 e. The first-order valence-corrected chi connectivity index (χ1v) is 9.16. The monoisotopic (exact) mass is 492 g/mol. The Labute approximate surface area is 176 Å². The second-order valence-corrected chi connectivity index (χ2v) is 6.71. The summed E-state index contributed by atoms with van der Waals surface area (Å²) < 4.78 is 5.51. The lowest BCUT2D eigenvalue weighted by Gasteiger charge is -2.37. The highest BCUT2D eigenvalue weighted by Crippen LogP contribution is 2.17. The summed E-state index contributed by atoms with van der Waals surface area (Å²) in [6.45, 7) is 4.26. The summed E-state index contributed by atoms with van der Waals surface area (Å²) >= 11 is 6.20. The maximum absolute atomic E-state index is 12.4. The number of nitrogens with zero attached hydrogens (tertiary/aromatic N) is 3. The Morgan fingerprint density at radius 1 is 1.27 bits per heavy atom. The minimum atomic E-state index is -0.232. The van der Waals surface area contributed by atoms with Gasteiger partial charge in [0.2, 0.25) is 0 Å². The number of halogens is 2. The zero-order chi connectivity index (χ0) is 17.6. The number of benzene rings is 1. The highest BCUT2D eigenvalue weighted by Gasteiger charge is 2.30. The van der Waals surface area contributed by atoms with Crippen LogP contribution in [0.25, 0.3) is 0 Å². The number of carbonyl (C=O) groups excluding carboxylic acids is 1. The highest BCUT2D eigenvalue weighted by atomic mass is 127. The van der Waals surface area contributed by atoms with Crippen molar-refractivity contribution in [3.8, 4) is 0 Å². The maximum Gasteiger partial charge on any atom is 0.251 e. The van der Waals surface area contributed by atoms with Gasteiger partial charge in [0.25, 0.3) is 5.91 Å². The van der Waals surface area contributed by atoms with Crippen LogP contribution in [0.15, 0.2) is 29.3 Å². The molecule has 0 aromatic heterocycles. The highest BCUT2D eigenvalue weighted by molar-refractivity contribution is 14.0. The van der Waals surface area contributed by atoms with E-state index in [1.54, 1.807) is 7.05 Å². The van der Waals surface area contributed by atoms with Crippen molar-refractivity contribution in [3.63, 3.8) is 0 Å². The molecule has 1 aromatic carbocycles. The summed E-state index contributed by atoms with van der Waals surface area (Å²) in [4.78, 5) is 20.9. The van der Waals surface area contributed by atoms with Crippen molar-refractivity contribution in [1.82, 2.24) is 15.1 Å². The number of aliphatic imine (C=N–C) groups is 1. The normalized spacial score (nSPS) is 20.7. The third-order valence-electron chi connectivity index (χ3n) is 4.70. The Morgan fingerprint density at radius 3 is 2.58 bits per heavy atom. The minimum absolute atomic E-state index is 0. The van der Waals surface area contributed by atoms with Crippen LogP contribution < -0.4 is 5.32 Å². The third kappa shape index (κ3) is 5.23. The van der Waals surface area contributed by atoms with E-state index >= 15 is 0 Å². The molecule has 0 saturated carbocycles. The number of piperazine rings is 1. The average Bonchev–Trinajstić information content (AvgIpc) is 3.18. The van der Waals surface area contributed by atoms with Crippen molar-refractivity contribution in [2.24, 2.45) is 4.99 Å². The molecular weight excluding hydrogens is 467 g/mol. The fourth-order valence-electron chi connectivity index (χ4n) is 3.26. The van der Waals surface area contributed by atoms with E-state index in [0.717, 1.165) is 42.5 Å². The van der Waals surface area contributed by atoms with Gasteiger partial charge >= 0.3 is 0 Å². The van der Waals surface area contributed by atoms with E-state index in [-0.39, 0.29) is 36.0 Å². The molecule has 2 aliphatic heterocycles. The molecule has 0 bridgehead atoms. The zero-order valence-corrected chi connectivity index (χ0v) is 18.1. The van der Waals surface area contributed by atoms with Crippen molar-refractivity contribution >= 4 is 47.4 Å². The van der Waals surface area contributed by atoms with E-state index < -0.39 is 0 Å². The van der Waals surface area contributed by atoms with E-state index in [0.29, 0.717) is 26.2 Å². The van der Waals surface area contributed by atoms with Crippen molar-refractivity contribution < 1.29 is 9.53 Å². The predicted octanol–water partition coefficient (Wildman–Crippen LogP) is 2.36. The molecule has 0 radical (unpaired) electrons. The molecule has 2 heterocycles. The minimum Gasteiger partial charge on any atom is -0.368 e. The number of rotatable bonds is 3. The number of guanidine groups is 1. The summed E-state index contributed by atoms with van der Waals surface area (Å²) in [7, 11) is 1.78. The van der Waals surface area contributed by atoms with Crippen LogP contribution >= 0.6 is 35.6 Å². The lowest BCUT2D eigenvalue weighted by Crippen LogP contribution is -2.55. The Hall–Kier alpha value is -1.06. The SMILES string of the molecule is CN=C(NCc1ccccc1Cl)N1CCN(C(=O)C2CCCO2)CC1.I. The van der Waals surface area contributed by atoms with Gasteiger partial charge in [-0.2, -0.15) is 0 Å². The quantitative estimate of drug-likeness (QED) is 0.400. The second-order valence-electron chi connectivity index (χ2n) is 6.31. The van der Waals surface area contributed by atoms with Gasteiger partial charge in [0.1, 0.15) is 6.10 Å². The molecular formula is C18H26ClIN4O2. The van der Waals surface area contributed by atoms with Crippen LogP contribution in [0.1, 0.15) is 18.4 Å². The molecule has 26 heavy (non-hydrogen) atoms. The van der Waals surface area contributed by atoms with Crippen molar-refractivity contribution in [3.05, 3.63) is 34.9 Å². The third-order valence-corrected chi connectivity index (χ3v) is 5.07. The van der Waals surface area contributed by atoms with E-state index in [4.69, 9.17) is 16.3 Å². The van der Waals surface area contributed by atoms with Gasteiger partial charge in [-0.05, 0) is 24.5 Å². The van der Waals surface area contributed by atoms with Gasteiger partial charge < -0.3 is 19.9 Å². The van der Waals surface area contributed by atoms with Crippen molar-refractivity contribution in [1.29, 1.82) is 0 Å². The molecule has 1 atom stereocenters. The molecule has 2 aliphatic rings. The van der Waals surface area contributed by atoms with Crippen LogP contribution in [0.5, 0.6) is 0 Å². The van der Waals surface area contributed by atoms with Gasteiger partial charge in [-0.1, -0.05) is 29.8 Å². The molecule has 1 N–H and O–H groups in total. The zero-order valence-electron chi connectivity index (χ0n) is 15.0. The van der Waals surface area contributed by atoms with E-state index in [9.17, 15) is 4.79 Å². The first-order valence-electron chi connectivity index (χ1n) is 8.78. The van der Waals surface area contributed by atoms with Gasteiger partial charge in [0.15, 0.2) is 5.96 Å². The molecule has 0 spiro atoms. The molecule has 0 aliphatic carbocycles. The molecule has 6 nitrogen and oxygen atoms in total. The Morgan fingerprint density at radius 2 is 1.96 bits per heavy atom. The van der Waals surface area contributed by atoms with Crippen molar-refractivity contribution in [2.75, 3.05) is 39.8 Å². The van der Waals surface area contributed by atoms with Crippen molar-refractivity contribution in [2.45, 2.75) is 25.5 Å². The van der Waals surface area contributed by atoms with Gasteiger partial charge in [-0.25, -0.2) is 0 Å². The van der Waals surface area contributed by atoms with Crippen LogP contribution in [0.2, 0.25) is 5.02 Å². The summed E-state index contributed by atoms with van der Waals surface area (Å²) in [6, 6.07) is 7.78. The van der Waals surface area contributed by atoms with Crippen LogP contribution in [-0.2, 0) is 16.1 Å². The van der Waals surface area contributed by atoms with Crippen LogP contribution in [0, 0.1) is 0 Å². The Kier molecular flexibility index (Phi) is 8.43. The fourth-order valence-corrected chi connectivity index (χ4v) is 3.47. The largest absolute Gasteiger partial charge is 0.368 e.